The molecule has 116 valence electrons. The topological polar surface area (TPSA) is 77.1 Å². The van der Waals surface area contributed by atoms with E-state index in [1.165, 1.54) is 10.4 Å². The minimum absolute atomic E-state index is 0.0467. The molecule has 0 bridgehead atoms. The molecule has 0 saturated heterocycles. The van der Waals surface area contributed by atoms with E-state index in [1.54, 1.807) is 11.0 Å². The van der Waals surface area contributed by atoms with Crippen molar-refractivity contribution >= 4 is 11.6 Å². The Morgan fingerprint density at radius 3 is 2.96 bits per heavy atom. The Labute approximate surface area is 132 Å². The molecule has 3 aromatic rings. The Kier molecular flexibility index (Phi) is 3.18. The second-order valence-electron chi connectivity index (χ2n) is 5.48. The third kappa shape index (κ3) is 2.50. The van der Waals surface area contributed by atoms with Crippen molar-refractivity contribution in [2.75, 3.05) is 11.4 Å². The fraction of sp³-hybridized carbons (Fsp3) is 0.250. The van der Waals surface area contributed by atoms with Crippen molar-refractivity contribution in [3.63, 3.8) is 0 Å². The van der Waals surface area contributed by atoms with Crippen molar-refractivity contribution in [1.82, 2.24) is 20.2 Å². The SMILES string of the molecule is Cc1ccc(-c2nnn(CC(=O)N3CCc4ccccc43)n2)o1. The predicted molar refractivity (Wildman–Crippen MR) is 82.8 cm³/mol. The summed E-state index contributed by atoms with van der Waals surface area (Å²) < 4.78 is 5.46. The molecule has 3 heterocycles. The monoisotopic (exact) mass is 309 g/mol. The first kappa shape index (κ1) is 13.7. The summed E-state index contributed by atoms with van der Waals surface area (Å²) in [7, 11) is 0. The van der Waals surface area contributed by atoms with E-state index in [0.717, 1.165) is 17.9 Å². The summed E-state index contributed by atoms with van der Waals surface area (Å²) in [5.74, 6) is 1.66. The van der Waals surface area contributed by atoms with Gasteiger partial charge in [0.1, 0.15) is 12.3 Å². The van der Waals surface area contributed by atoms with Crippen molar-refractivity contribution in [3.8, 4) is 11.6 Å². The maximum Gasteiger partial charge on any atom is 0.250 e. The molecule has 4 rings (SSSR count). The molecule has 1 aromatic carbocycles. The number of furan rings is 1. The molecule has 1 amide bonds. The van der Waals surface area contributed by atoms with Gasteiger partial charge in [0.2, 0.25) is 5.82 Å². The van der Waals surface area contributed by atoms with Crippen LogP contribution in [0.5, 0.6) is 0 Å². The van der Waals surface area contributed by atoms with Crippen molar-refractivity contribution in [2.45, 2.75) is 19.9 Å². The van der Waals surface area contributed by atoms with Gasteiger partial charge in [-0.15, -0.1) is 10.2 Å². The normalized spacial score (nSPS) is 13.3. The first-order valence-corrected chi connectivity index (χ1v) is 7.43. The van der Waals surface area contributed by atoms with Crippen LogP contribution in [0.15, 0.2) is 40.8 Å². The van der Waals surface area contributed by atoms with Gasteiger partial charge in [-0.2, -0.15) is 4.80 Å². The quantitative estimate of drug-likeness (QED) is 0.737. The van der Waals surface area contributed by atoms with Gasteiger partial charge < -0.3 is 9.32 Å². The van der Waals surface area contributed by atoms with Crippen molar-refractivity contribution in [3.05, 3.63) is 47.7 Å². The van der Waals surface area contributed by atoms with Gasteiger partial charge in [-0.25, -0.2) is 0 Å². The van der Waals surface area contributed by atoms with E-state index in [-0.39, 0.29) is 12.5 Å². The number of hydrogen-bond donors (Lipinski definition) is 0. The van der Waals surface area contributed by atoms with Crippen LogP contribution in [-0.2, 0) is 17.8 Å². The summed E-state index contributed by atoms with van der Waals surface area (Å²) in [6.45, 7) is 2.60. The van der Waals surface area contributed by atoms with Crippen LogP contribution >= 0.6 is 0 Å². The number of carbonyl (C=O) groups excluding carboxylic acids is 1. The molecule has 1 aliphatic rings. The molecule has 23 heavy (non-hydrogen) atoms. The molecule has 0 radical (unpaired) electrons. The minimum atomic E-state index is -0.0467. The molecule has 0 spiro atoms. The first-order chi connectivity index (χ1) is 11.2. The lowest BCUT2D eigenvalue weighted by atomic mass is 10.2. The van der Waals surface area contributed by atoms with Crippen molar-refractivity contribution in [2.24, 2.45) is 0 Å². The van der Waals surface area contributed by atoms with Gasteiger partial charge in [0.25, 0.3) is 5.91 Å². The van der Waals surface area contributed by atoms with Crippen LogP contribution < -0.4 is 4.90 Å². The highest BCUT2D eigenvalue weighted by Crippen LogP contribution is 2.27. The fourth-order valence-electron chi connectivity index (χ4n) is 2.77. The summed E-state index contributed by atoms with van der Waals surface area (Å²) in [6.07, 6.45) is 0.879. The number of aromatic nitrogens is 4. The van der Waals surface area contributed by atoms with Crippen LogP contribution in [0.1, 0.15) is 11.3 Å². The molecule has 0 N–H and O–H groups in total. The fourth-order valence-corrected chi connectivity index (χ4v) is 2.77. The van der Waals surface area contributed by atoms with Crippen LogP contribution in [0.3, 0.4) is 0 Å². The Bertz CT molecular complexity index is 867. The highest BCUT2D eigenvalue weighted by atomic mass is 16.3. The molecule has 2 aromatic heterocycles. The lowest BCUT2D eigenvalue weighted by Crippen LogP contribution is -2.32. The number of fused-ring (bicyclic) bond motifs is 1. The Morgan fingerprint density at radius 2 is 2.13 bits per heavy atom. The summed E-state index contributed by atoms with van der Waals surface area (Å²) in [5.41, 5.74) is 2.17. The van der Waals surface area contributed by atoms with Crippen molar-refractivity contribution in [1.29, 1.82) is 0 Å². The minimum Gasteiger partial charge on any atom is -0.458 e. The van der Waals surface area contributed by atoms with Crippen LogP contribution in [-0.4, -0.2) is 32.7 Å². The van der Waals surface area contributed by atoms with Crippen LogP contribution in [0.25, 0.3) is 11.6 Å². The molecule has 0 aliphatic carbocycles. The molecule has 1 aliphatic heterocycles. The number of carbonyl (C=O) groups is 1. The molecule has 0 saturated carbocycles. The summed E-state index contributed by atoms with van der Waals surface area (Å²) in [5, 5.41) is 12.1. The third-order valence-electron chi connectivity index (χ3n) is 3.88. The Morgan fingerprint density at radius 1 is 1.26 bits per heavy atom. The van der Waals surface area contributed by atoms with E-state index in [0.29, 0.717) is 18.1 Å². The van der Waals surface area contributed by atoms with E-state index < -0.39 is 0 Å². The average molecular weight is 309 g/mol. The maximum absolute atomic E-state index is 12.5. The summed E-state index contributed by atoms with van der Waals surface area (Å²) >= 11 is 0. The van der Waals surface area contributed by atoms with Gasteiger partial charge in [0.05, 0.1) is 0 Å². The number of aryl methyl sites for hydroxylation is 1. The van der Waals surface area contributed by atoms with E-state index in [1.807, 2.05) is 37.3 Å². The zero-order valence-corrected chi connectivity index (χ0v) is 12.6. The first-order valence-electron chi connectivity index (χ1n) is 7.43. The number of amides is 1. The van der Waals surface area contributed by atoms with Crippen LogP contribution in [0.2, 0.25) is 0 Å². The van der Waals surface area contributed by atoms with Crippen LogP contribution in [0, 0.1) is 6.92 Å². The lowest BCUT2D eigenvalue weighted by Gasteiger charge is -2.16. The number of benzene rings is 1. The zero-order valence-electron chi connectivity index (χ0n) is 12.6. The molecule has 0 fully saturated rings. The third-order valence-corrected chi connectivity index (χ3v) is 3.88. The van der Waals surface area contributed by atoms with Crippen molar-refractivity contribution < 1.29 is 9.21 Å². The predicted octanol–water partition coefficient (Wildman–Crippen LogP) is 1.83. The molecule has 7 nitrogen and oxygen atoms in total. The summed E-state index contributed by atoms with van der Waals surface area (Å²) in [6, 6.07) is 11.6. The molecule has 7 heteroatoms. The van der Waals surface area contributed by atoms with Crippen LogP contribution in [0.4, 0.5) is 5.69 Å². The zero-order chi connectivity index (χ0) is 15.8. The van der Waals surface area contributed by atoms with Gasteiger partial charge in [0.15, 0.2) is 5.76 Å². The number of anilines is 1. The lowest BCUT2D eigenvalue weighted by molar-refractivity contribution is -0.119. The van der Waals surface area contributed by atoms with E-state index in [4.69, 9.17) is 4.42 Å². The van der Waals surface area contributed by atoms with E-state index in [2.05, 4.69) is 15.4 Å². The highest BCUT2D eigenvalue weighted by Gasteiger charge is 2.25. The van der Waals surface area contributed by atoms with E-state index in [9.17, 15) is 4.79 Å². The number of rotatable bonds is 3. The number of tetrazole rings is 1. The van der Waals surface area contributed by atoms with Gasteiger partial charge in [-0.3, -0.25) is 4.79 Å². The summed E-state index contributed by atoms with van der Waals surface area (Å²) in [4.78, 5) is 15.6. The van der Waals surface area contributed by atoms with E-state index >= 15 is 0 Å². The average Bonchev–Trinajstić information content (AvgIpc) is 3.25. The largest absolute Gasteiger partial charge is 0.458 e. The number of hydrogen-bond acceptors (Lipinski definition) is 5. The molecule has 0 atom stereocenters. The molecular formula is C16H15N5O2. The highest BCUT2D eigenvalue weighted by molar-refractivity contribution is 5.95. The smallest absolute Gasteiger partial charge is 0.250 e. The van der Waals surface area contributed by atoms with Gasteiger partial charge >= 0.3 is 0 Å². The number of nitrogens with zero attached hydrogens (tertiary/aromatic N) is 5. The molecular weight excluding hydrogens is 294 g/mol. The van der Waals surface area contributed by atoms with Gasteiger partial charge in [-0.05, 0) is 42.3 Å². The standard InChI is InChI=1S/C16H15N5O2/c1-11-6-7-14(23-11)16-17-19-21(18-16)10-15(22)20-9-8-12-4-2-3-5-13(12)20/h2-7H,8-10H2,1H3. The molecule has 0 unspecified atom stereocenters. The number of para-hydroxylation sites is 1. The Hall–Kier alpha value is -2.96. The Balaban J connectivity index is 1.51. The van der Waals surface area contributed by atoms with Gasteiger partial charge in [0, 0.05) is 12.2 Å². The maximum atomic E-state index is 12.5. The second-order valence-corrected chi connectivity index (χ2v) is 5.48. The second kappa shape index (κ2) is 5.35. The van der Waals surface area contributed by atoms with Gasteiger partial charge in [-0.1, -0.05) is 18.2 Å².